The maximum absolute atomic E-state index is 12.3. The van der Waals surface area contributed by atoms with Crippen LogP contribution in [0.1, 0.15) is 23.2 Å². The Balaban J connectivity index is 2.24. The lowest BCUT2D eigenvalue weighted by Crippen LogP contribution is -2.34. The molecule has 0 spiro atoms. The monoisotopic (exact) mass is 313 g/mol. The smallest absolute Gasteiger partial charge is 0.339 e. The summed E-state index contributed by atoms with van der Waals surface area (Å²) in [4.78, 5) is 22.4. The Hall–Kier alpha value is -1.93. The van der Waals surface area contributed by atoms with Gasteiger partial charge in [0.15, 0.2) is 0 Å². The highest BCUT2D eigenvalue weighted by atomic mass is 32.2. The molecule has 0 unspecified atom stereocenters. The number of carbonyl (C=O) groups excluding carboxylic acids is 1. The molecule has 1 aromatic rings. The van der Waals surface area contributed by atoms with Crippen molar-refractivity contribution in [2.45, 2.75) is 17.7 Å². The predicted octanol–water partition coefficient (Wildman–Crippen LogP) is 0.616. The van der Waals surface area contributed by atoms with Gasteiger partial charge in [-0.2, -0.15) is 0 Å². The Bertz CT molecular complexity index is 678. The SMILES string of the molecule is COC(=O)c1ccccc1S(=O)(=O)NCC1(C(=O)O)CC1. The zero-order valence-electron chi connectivity index (χ0n) is 11.3. The van der Waals surface area contributed by atoms with E-state index >= 15 is 0 Å². The maximum Gasteiger partial charge on any atom is 0.339 e. The summed E-state index contributed by atoms with van der Waals surface area (Å²) in [6.07, 6.45) is 0.868. The van der Waals surface area contributed by atoms with Gasteiger partial charge in [0.25, 0.3) is 0 Å². The molecule has 2 rings (SSSR count). The van der Waals surface area contributed by atoms with E-state index in [-0.39, 0.29) is 17.0 Å². The van der Waals surface area contributed by atoms with Gasteiger partial charge in [0.1, 0.15) is 0 Å². The number of rotatable bonds is 6. The van der Waals surface area contributed by atoms with Crippen LogP contribution in [0.2, 0.25) is 0 Å². The number of methoxy groups -OCH3 is 1. The van der Waals surface area contributed by atoms with Gasteiger partial charge in [-0.15, -0.1) is 0 Å². The third-order valence-electron chi connectivity index (χ3n) is 3.49. The number of carboxylic acid groups (broad SMARTS) is 1. The molecule has 1 aliphatic carbocycles. The molecule has 0 aliphatic heterocycles. The van der Waals surface area contributed by atoms with E-state index in [0.717, 1.165) is 7.11 Å². The molecule has 1 aromatic carbocycles. The number of esters is 1. The van der Waals surface area contributed by atoms with Crippen LogP contribution < -0.4 is 4.72 Å². The third-order valence-corrected chi connectivity index (χ3v) is 4.95. The van der Waals surface area contributed by atoms with Crippen LogP contribution in [0.4, 0.5) is 0 Å². The topological polar surface area (TPSA) is 110 Å². The average molecular weight is 313 g/mol. The number of carboxylic acids is 1. The van der Waals surface area contributed by atoms with E-state index in [1.54, 1.807) is 0 Å². The molecule has 1 aliphatic rings. The van der Waals surface area contributed by atoms with E-state index in [0.29, 0.717) is 12.8 Å². The molecule has 2 N–H and O–H groups in total. The molecule has 7 nitrogen and oxygen atoms in total. The second-order valence-corrected chi connectivity index (χ2v) is 6.63. The Morgan fingerprint density at radius 1 is 1.33 bits per heavy atom. The number of benzene rings is 1. The van der Waals surface area contributed by atoms with Crippen LogP contribution in [0, 0.1) is 5.41 Å². The van der Waals surface area contributed by atoms with Crippen molar-refractivity contribution in [3.05, 3.63) is 29.8 Å². The number of nitrogens with one attached hydrogen (secondary N) is 1. The molecule has 1 fully saturated rings. The fourth-order valence-electron chi connectivity index (χ4n) is 1.91. The second kappa shape index (κ2) is 5.45. The van der Waals surface area contributed by atoms with Gasteiger partial charge in [-0.3, -0.25) is 4.79 Å². The summed E-state index contributed by atoms with van der Waals surface area (Å²) in [6, 6.07) is 5.61. The van der Waals surface area contributed by atoms with Gasteiger partial charge in [-0.25, -0.2) is 17.9 Å². The maximum atomic E-state index is 12.3. The van der Waals surface area contributed by atoms with Crippen molar-refractivity contribution in [2.75, 3.05) is 13.7 Å². The summed E-state index contributed by atoms with van der Waals surface area (Å²) in [7, 11) is -2.83. The van der Waals surface area contributed by atoms with Crippen LogP contribution in [0.5, 0.6) is 0 Å². The second-order valence-electron chi connectivity index (χ2n) is 4.90. The highest BCUT2D eigenvalue weighted by Gasteiger charge is 2.50. The minimum Gasteiger partial charge on any atom is -0.481 e. The Labute approximate surface area is 122 Å². The minimum absolute atomic E-state index is 0.0901. The summed E-state index contributed by atoms with van der Waals surface area (Å²) in [5.74, 6) is -1.79. The van der Waals surface area contributed by atoms with Crippen LogP contribution in [0.25, 0.3) is 0 Å². The Kier molecular flexibility index (Phi) is 4.02. The number of hydrogen-bond acceptors (Lipinski definition) is 5. The number of carbonyl (C=O) groups is 2. The Morgan fingerprint density at radius 3 is 2.48 bits per heavy atom. The molecular formula is C13H15NO6S. The molecular weight excluding hydrogens is 298 g/mol. The molecule has 0 aromatic heterocycles. The molecule has 1 saturated carbocycles. The van der Waals surface area contributed by atoms with E-state index in [9.17, 15) is 18.0 Å². The normalized spacial score (nSPS) is 16.2. The minimum atomic E-state index is -3.99. The van der Waals surface area contributed by atoms with E-state index in [4.69, 9.17) is 5.11 Å². The van der Waals surface area contributed by atoms with Gasteiger partial charge in [-0.1, -0.05) is 12.1 Å². The van der Waals surface area contributed by atoms with Crippen molar-refractivity contribution in [3.63, 3.8) is 0 Å². The molecule has 8 heteroatoms. The first-order valence-corrected chi connectivity index (χ1v) is 7.71. The molecule has 0 saturated heterocycles. The number of hydrogen-bond donors (Lipinski definition) is 2. The molecule has 114 valence electrons. The lowest BCUT2D eigenvalue weighted by Gasteiger charge is -2.13. The molecule has 0 bridgehead atoms. The quantitative estimate of drug-likeness (QED) is 0.745. The largest absolute Gasteiger partial charge is 0.481 e. The highest BCUT2D eigenvalue weighted by Crippen LogP contribution is 2.45. The lowest BCUT2D eigenvalue weighted by atomic mass is 10.1. The molecule has 0 atom stereocenters. The summed E-state index contributed by atoms with van der Waals surface area (Å²) in [6.45, 7) is -0.194. The van der Waals surface area contributed by atoms with Crippen molar-refractivity contribution < 1.29 is 27.9 Å². The number of sulfonamides is 1. The predicted molar refractivity (Wildman–Crippen MR) is 72.3 cm³/mol. The molecule has 21 heavy (non-hydrogen) atoms. The van der Waals surface area contributed by atoms with Gasteiger partial charge >= 0.3 is 11.9 Å². The summed E-state index contributed by atoms with van der Waals surface area (Å²) in [5, 5.41) is 9.04. The van der Waals surface area contributed by atoms with Crippen molar-refractivity contribution >= 4 is 22.0 Å². The summed E-state index contributed by atoms with van der Waals surface area (Å²) >= 11 is 0. The van der Waals surface area contributed by atoms with Gasteiger partial charge in [0, 0.05) is 6.54 Å². The van der Waals surface area contributed by atoms with Gasteiger partial charge in [-0.05, 0) is 25.0 Å². The van der Waals surface area contributed by atoms with Crippen molar-refractivity contribution in [1.29, 1.82) is 0 Å². The van der Waals surface area contributed by atoms with Crippen molar-refractivity contribution in [1.82, 2.24) is 4.72 Å². The van der Waals surface area contributed by atoms with E-state index in [1.807, 2.05) is 0 Å². The van der Waals surface area contributed by atoms with Crippen molar-refractivity contribution in [3.8, 4) is 0 Å². The summed E-state index contributed by atoms with van der Waals surface area (Å²) < 4.78 is 31.3. The van der Waals surface area contributed by atoms with Gasteiger partial charge in [0.2, 0.25) is 10.0 Å². The first-order chi connectivity index (χ1) is 9.82. The summed E-state index contributed by atoms with van der Waals surface area (Å²) in [5.41, 5.74) is -1.11. The average Bonchev–Trinajstić information content (AvgIpc) is 3.26. The first-order valence-electron chi connectivity index (χ1n) is 6.23. The lowest BCUT2D eigenvalue weighted by molar-refractivity contribution is -0.143. The van der Waals surface area contributed by atoms with Crippen LogP contribution in [0.15, 0.2) is 29.2 Å². The molecule has 0 amide bonds. The van der Waals surface area contributed by atoms with Crippen molar-refractivity contribution in [2.24, 2.45) is 5.41 Å². The van der Waals surface area contributed by atoms with Crippen LogP contribution in [-0.2, 0) is 19.6 Å². The standard InChI is InChI=1S/C13H15NO6S/c1-20-11(15)9-4-2-3-5-10(9)21(18,19)14-8-13(6-7-13)12(16)17/h2-5,14H,6-8H2,1H3,(H,16,17). The fraction of sp³-hybridized carbons (Fsp3) is 0.385. The molecule has 0 heterocycles. The fourth-order valence-corrected chi connectivity index (χ4v) is 3.23. The van der Waals surface area contributed by atoms with Crippen LogP contribution in [-0.4, -0.2) is 39.1 Å². The van der Waals surface area contributed by atoms with Crippen LogP contribution >= 0.6 is 0 Å². The van der Waals surface area contributed by atoms with Crippen LogP contribution in [0.3, 0.4) is 0 Å². The van der Waals surface area contributed by atoms with Gasteiger partial charge in [0.05, 0.1) is 23.0 Å². The van der Waals surface area contributed by atoms with E-state index in [1.165, 1.54) is 24.3 Å². The zero-order chi connectivity index (χ0) is 15.7. The van der Waals surface area contributed by atoms with E-state index < -0.39 is 27.4 Å². The molecule has 0 radical (unpaired) electrons. The zero-order valence-corrected chi connectivity index (χ0v) is 12.1. The Morgan fingerprint density at radius 2 is 1.95 bits per heavy atom. The number of ether oxygens (including phenoxy) is 1. The van der Waals surface area contributed by atoms with Gasteiger partial charge < -0.3 is 9.84 Å². The van der Waals surface area contributed by atoms with E-state index in [2.05, 4.69) is 9.46 Å². The first kappa shape index (κ1) is 15.5. The number of aliphatic carboxylic acids is 1. The third kappa shape index (κ3) is 3.06. The highest BCUT2D eigenvalue weighted by molar-refractivity contribution is 7.89.